The van der Waals surface area contributed by atoms with Crippen molar-refractivity contribution in [1.82, 2.24) is 5.32 Å². The minimum atomic E-state index is 0.517. The molecule has 1 aromatic rings. The molecule has 1 N–H and O–H groups in total. The first-order chi connectivity index (χ1) is 8.08. The van der Waals surface area contributed by atoms with Crippen molar-refractivity contribution in [2.75, 3.05) is 18.0 Å². The second-order valence-corrected chi connectivity index (χ2v) is 5.68. The molecule has 2 unspecified atom stereocenters. The highest BCUT2D eigenvalue weighted by Crippen LogP contribution is 2.24. The lowest BCUT2D eigenvalue weighted by molar-refractivity contribution is 0.337. The summed E-state index contributed by atoms with van der Waals surface area (Å²) in [6, 6.07) is 9.23. The van der Waals surface area contributed by atoms with Gasteiger partial charge in [-0.2, -0.15) is 0 Å². The summed E-state index contributed by atoms with van der Waals surface area (Å²) in [6.07, 6.45) is 0. The minimum absolute atomic E-state index is 0.517. The van der Waals surface area contributed by atoms with Gasteiger partial charge in [0.1, 0.15) is 0 Å². The van der Waals surface area contributed by atoms with Crippen LogP contribution in [0.4, 0.5) is 5.69 Å². The summed E-state index contributed by atoms with van der Waals surface area (Å²) in [7, 11) is 0. The van der Waals surface area contributed by atoms with E-state index in [2.05, 4.69) is 43.1 Å². The number of hydrogen-bond donors (Lipinski definition) is 1. The fourth-order valence-corrected chi connectivity index (χ4v) is 2.53. The van der Waals surface area contributed by atoms with Gasteiger partial charge >= 0.3 is 0 Å². The Kier molecular flexibility index (Phi) is 3.95. The average molecular weight is 253 g/mol. The van der Waals surface area contributed by atoms with Gasteiger partial charge in [-0.25, -0.2) is 0 Å². The first kappa shape index (κ1) is 12.7. The van der Waals surface area contributed by atoms with E-state index >= 15 is 0 Å². The second kappa shape index (κ2) is 5.28. The average Bonchev–Trinajstić information content (AvgIpc) is 2.29. The van der Waals surface area contributed by atoms with Gasteiger partial charge in [0.2, 0.25) is 0 Å². The maximum Gasteiger partial charge on any atom is 0.0426 e. The third kappa shape index (κ3) is 2.93. The first-order valence-corrected chi connectivity index (χ1v) is 6.71. The Morgan fingerprint density at radius 1 is 1.41 bits per heavy atom. The summed E-state index contributed by atoms with van der Waals surface area (Å²) in [4.78, 5) is 2.45. The topological polar surface area (TPSA) is 15.3 Å². The van der Waals surface area contributed by atoms with Crippen LogP contribution in [-0.4, -0.2) is 25.2 Å². The van der Waals surface area contributed by atoms with E-state index in [0.29, 0.717) is 18.0 Å². The highest BCUT2D eigenvalue weighted by Gasteiger charge is 2.26. The largest absolute Gasteiger partial charge is 0.366 e. The lowest BCUT2D eigenvalue weighted by Crippen LogP contribution is -2.57. The van der Waals surface area contributed by atoms with Gasteiger partial charge in [-0.05, 0) is 31.0 Å². The van der Waals surface area contributed by atoms with Crippen LogP contribution in [0.5, 0.6) is 0 Å². The molecule has 0 radical (unpaired) electrons. The Hall–Kier alpha value is -0.730. The molecule has 0 aliphatic carbocycles. The van der Waals surface area contributed by atoms with Gasteiger partial charge in [-0.15, -0.1) is 0 Å². The molecule has 1 aromatic carbocycles. The molecule has 94 valence electrons. The van der Waals surface area contributed by atoms with Crippen LogP contribution < -0.4 is 10.2 Å². The molecule has 0 saturated carbocycles. The van der Waals surface area contributed by atoms with Gasteiger partial charge in [0.05, 0.1) is 0 Å². The van der Waals surface area contributed by atoms with Crippen molar-refractivity contribution in [2.24, 2.45) is 5.92 Å². The first-order valence-electron chi connectivity index (χ1n) is 6.33. The number of hydrogen-bond acceptors (Lipinski definition) is 2. The molecule has 1 heterocycles. The van der Waals surface area contributed by atoms with E-state index in [9.17, 15) is 0 Å². The molecule has 2 atom stereocenters. The van der Waals surface area contributed by atoms with Crippen LogP contribution in [0.15, 0.2) is 24.3 Å². The van der Waals surface area contributed by atoms with Gasteiger partial charge in [0.15, 0.2) is 0 Å². The molecule has 0 spiro atoms. The summed E-state index contributed by atoms with van der Waals surface area (Å²) in [5, 5.41) is 4.42. The van der Waals surface area contributed by atoms with Crippen molar-refractivity contribution in [2.45, 2.75) is 32.9 Å². The standard InChI is InChI=1S/C14H21ClN2/c1-10(2)14-9-17(11(3)8-16-14)13-6-4-5-12(15)7-13/h4-7,10-11,14,16H,8-9H2,1-3H3. The lowest BCUT2D eigenvalue weighted by Gasteiger charge is -2.42. The normalized spacial score (nSPS) is 25.4. The van der Waals surface area contributed by atoms with Gasteiger partial charge < -0.3 is 10.2 Å². The van der Waals surface area contributed by atoms with Gasteiger partial charge in [0, 0.05) is 35.9 Å². The van der Waals surface area contributed by atoms with Crippen LogP contribution in [0.2, 0.25) is 5.02 Å². The fraction of sp³-hybridized carbons (Fsp3) is 0.571. The molecule has 2 nitrogen and oxygen atoms in total. The maximum absolute atomic E-state index is 6.07. The highest BCUT2D eigenvalue weighted by molar-refractivity contribution is 6.30. The number of piperazine rings is 1. The van der Waals surface area contributed by atoms with Crippen molar-refractivity contribution >= 4 is 17.3 Å². The predicted molar refractivity (Wildman–Crippen MR) is 74.9 cm³/mol. The molecule has 2 rings (SSSR count). The molecule has 0 bridgehead atoms. The van der Waals surface area contributed by atoms with Crippen LogP contribution in [0.1, 0.15) is 20.8 Å². The summed E-state index contributed by atoms with van der Waals surface area (Å²) in [6.45, 7) is 8.88. The monoisotopic (exact) mass is 252 g/mol. The Labute approximate surface area is 109 Å². The number of nitrogens with one attached hydrogen (secondary N) is 1. The predicted octanol–water partition coefficient (Wildman–Crippen LogP) is 3.16. The second-order valence-electron chi connectivity index (χ2n) is 5.24. The van der Waals surface area contributed by atoms with Crippen LogP contribution >= 0.6 is 11.6 Å². The van der Waals surface area contributed by atoms with Crippen molar-refractivity contribution in [3.05, 3.63) is 29.3 Å². The SMILES string of the molecule is CC(C)C1CN(c2cccc(Cl)c2)C(C)CN1. The molecule has 1 saturated heterocycles. The molecule has 3 heteroatoms. The third-order valence-corrected chi connectivity index (χ3v) is 3.78. The summed E-state index contributed by atoms with van der Waals surface area (Å²) in [5.74, 6) is 0.657. The van der Waals surface area contributed by atoms with Crippen LogP contribution in [0.25, 0.3) is 0 Å². The van der Waals surface area contributed by atoms with Gasteiger partial charge in [-0.3, -0.25) is 0 Å². The Bertz CT molecular complexity index is 378. The van der Waals surface area contributed by atoms with Gasteiger partial charge in [0.25, 0.3) is 0 Å². The van der Waals surface area contributed by atoms with Crippen LogP contribution in [0, 0.1) is 5.92 Å². The van der Waals surface area contributed by atoms with Crippen LogP contribution in [0.3, 0.4) is 0 Å². The Balaban J connectivity index is 2.18. The summed E-state index contributed by atoms with van der Waals surface area (Å²) < 4.78 is 0. The molecule has 1 fully saturated rings. The Morgan fingerprint density at radius 2 is 2.18 bits per heavy atom. The molecular weight excluding hydrogens is 232 g/mol. The molecular formula is C14H21ClN2. The Morgan fingerprint density at radius 3 is 2.82 bits per heavy atom. The van der Waals surface area contributed by atoms with Crippen molar-refractivity contribution in [1.29, 1.82) is 0 Å². The zero-order valence-electron chi connectivity index (χ0n) is 10.8. The van der Waals surface area contributed by atoms with E-state index in [-0.39, 0.29) is 0 Å². The van der Waals surface area contributed by atoms with E-state index in [1.165, 1.54) is 5.69 Å². The summed E-state index contributed by atoms with van der Waals surface area (Å²) >= 11 is 6.07. The zero-order valence-corrected chi connectivity index (χ0v) is 11.5. The van der Waals surface area contributed by atoms with Crippen molar-refractivity contribution < 1.29 is 0 Å². The highest BCUT2D eigenvalue weighted by atomic mass is 35.5. The van der Waals surface area contributed by atoms with Crippen molar-refractivity contribution in [3.63, 3.8) is 0 Å². The number of anilines is 1. The number of halogens is 1. The van der Waals surface area contributed by atoms with Crippen LogP contribution in [-0.2, 0) is 0 Å². The molecule has 0 amide bonds. The third-order valence-electron chi connectivity index (χ3n) is 3.55. The minimum Gasteiger partial charge on any atom is -0.366 e. The van der Waals surface area contributed by atoms with E-state index in [0.717, 1.165) is 18.1 Å². The number of rotatable bonds is 2. The molecule has 1 aliphatic rings. The van der Waals surface area contributed by atoms with E-state index < -0.39 is 0 Å². The quantitative estimate of drug-likeness (QED) is 0.870. The summed E-state index contributed by atoms with van der Waals surface area (Å²) in [5.41, 5.74) is 1.23. The van der Waals surface area contributed by atoms with E-state index in [4.69, 9.17) is 11.6 Å². The van der Waals surface area contributed by atoms with Crippen molar-refractivity contribution in [3.8, 4) is 0 Å². The number of benzene rings is 1. The molecule has 17 heavy (non-hydrogen) atoms. The maximum atomic E-state index is 6.07. The smallest absolute Gasteiger partial charge is 0.0426 e. The number of nitrogens with zero attached hydrogens (tertiary/aromatic N) is 1. The molecule has 0 aromatic heterocycles. The van der Waals surface area contributed by atoms with E-state index in [1.807, 2.05) is 12.1 Å². The fourth-order valence-electron chi connectivity index (χ4n) is 2.35. The van der Waals surface area contributed by atoms with Gasteiger partial charge in [-0.1, -0.05) is 31.5 Å². The lowest BCUT2D eigenvalue weighted by atomic mass is 9.99. The van der Waals surface area contributed by atoms with E-state index in [1.54, 1.807) is 0 Å². The molecule has 1 aliphatic heterocycles. The zero-order chi connectivity index (χ0) is 12.4.